The number of carbonyl (C=O) groups excluding carboxylic acids is 1. The first-order valence-electron chi connectivity index (χ1n) is 9.04. The van der Waals surface area contributed by atoms with E-state index in [0.717, 1.165) is 49.4 Å². The molecule has 0 radical (unpaired) electrons. The van der Waals surface area contributed by atoms with Crippen LogP contribution in [0.15, 0.2) is 22.7 Å². The molecule has 1 amide bonds. The monoisotopic (exact) mass is 412 g/mol. The van der Waals surface area contributed by atoms with Crippen LogP contribution < -0.4 is 10.1 Å². The van der Waals surface area contributed by atoms with Crippen molar-refractivity contribution in [1.29, 1.82) is 0 Å². The lowest BCUT2D eigenvalue weighted by Gasteiger charge is -2.38. The number of carbonyl (C=O) groups is 1. The summed E-state index contributed by atoms with van der Waals surface area (Å²) in [6, 6.07) is 5.75. The van der Waals surface area contributed by atoms with Gasteiger partial charge in [-0.15, -0.1) is 0 Å². The van der Waals surface area contributed by atoms with Crippen LogP contribution in [-0.2, 0) is 4.74 Å². The van der Waals surface area contributed by atoms with Gasteiger partial charge in [-0.3, -0.25) is 9.69 Å². The number of hydrogen-bond acceptors (Lipinski definition) is 4. The van der Waals surface area contributed by atoms with E-state index in [0.29, 0.717) is 24.1 Å². The molecule has 1 fully saturated rings. The molecule has 1 aliphatic heterocycles. The predicted octanol–water partition coefficient (Wildman–Crippen LogP) is 3.32. The standard InChI is InChI=1S/C19H29BrN2O3/c1-4-14(5-2)17(22-8-10-25-11-9-22)13-21-19(23)15-6-7-18(24-3)16(20)12-15/h6-7,12,14,17H,4-5,8-11,13H2,1-3H3,(H,21,23)/t17-/m0/s1. The Morgan fingerprint density at radius 3 is 2.56 bits per heavy atom. The third kappa shape index (κ3) is 5.43. The van der Waals surface area contributed by atoms with Crippen molar-refractivity contribution in [3.63, 3.8) is 0 Å². The maximum atomic E-state index is 12.6. The van der Waals surface area contributed by atoms with Crippen LogP contribution in [0.3, 0.4) is 0 Å². The van der Waals surface area contributed by atoms with Crippen LogP contribution >= 0.6 is 15.9 Å². The molecular formula is C19H29BrN2O3. The number of rotatable bonds is 8. The zero-order valence-corrected chi connectivity index (χ0v) is 17.0. The maximum Gasteiger partial charge on any atom is 0.251 e. The van der Waals surface area contributed by atoms with Crippen molar-refractivity contribution in [2.45, 2.75) is 32.7 Å². The van der Waals surface area contributed by atoms with Crippen LogP contribution in [0.1, 0.15) is 37.0 Å². The molecule has 1 aliphatic rings. The van der Waals surface area contributed by atoms with Crippen LogP contribution in [0.4, 0.5) is 0 Å². The van der Waals surface area contributed by atoms with Crippen molar-refractivity contribution in [3.8, 4) is 5.75 Å². The number of nitrogens with one attached hydrogen (secondary N) is 1. The number of nitrogens with zero attached hydrogens (tertiary/aromatic N) is 1. The molecule has 25 heavy (non-hydrogen) atoms. The van der Waals surface area contributed by atoms with Crippen molar-refractivity contribution in [2.24, 2.45) is 5.92 Å². The highest BCUT2D eigenvalue weighted by Gasteiger charge is 2.27. The Morgan fingerprint density at radius 1 is 1.32 bits per heavy atom. The van der Waals surface area contributed by atoms with Gasteiger partial charge in [0.1, 0.15) is 5.75 Å². The molecule has 1 aromatic carbocycles. The summed E-state index contributed by atoms with van der Waals surface area (Å²) in [4.78, 5) is 15.0. The van der Waals surface area contributed by atoms with Crippen LogP contribution in [0.25, 0.3) is 0 Å². The van der Waals surface area contributed by atoms with E-state index in [1.807, 2.05) is 0 Å². The highest BCUT2D eigenvalue weighted by Crippen LogP contribution is 2.25. The second-order valence-electron chi connectivity index (χ2n) is 6.35. The Balaban J connectivity index is 2.03. The van der Waals surface area contributed by atoms with Gasteiger partial charge in [0, 0.05) is 31.2 Å². The summed E-state index contributed by atoms with van der Waals surface area (Å²) in [5, 5.41) is 3.13. The number of halogens is 1. The smallest absolute Gasteiger partial charge is 0.251 e. The van der Waals surface area contributed by atoms with Gasteiger partial charge in [0.25, 0.3) is 5.91 Å². The summed E-state index contributed by atoms with van der Waals surface area (Å²) in [6.45, 7) is 8.53. The van der Waals surface area contributed by atoms with E-state index in [2.05, 4.69) is 40.0 Å². The van der Waals surface area contributed by atoms with Gasteiger partial charge in [0.2, 0.25) is 0 Å². The predicted molar refractivity (Wildman–Crippen MR) is 103 cm³/mol. The zero-order chi connectivity index (χ0) is 18.2. The van der Waals surface area contributed by atoms with Crippen molar-refractivity contribution < 1.29 is 14.3 Å². The molecule has 1 saturated heterocycles. The summed E-state index contributed by atoms with van der Waals surface area (Å²) in [5.41, 5.74) is 0.637. The van der Waals surface area contributed by atoms with Gasteiger partial charge in [-0.1, -0.05) is 26.7 Å². The Morgan fingerprint density at radius 2 is 2.00 bits per heavy atom. The van der Waals surface area contributed by atoms with Crippen LogP contribution in [0, 0.1) is 5.92 Å². The lowest BCUT2D eigenvalue weighted by Crippen LogP contribution is -2.52. The minimum atomic E-state index is -0.0485. The SMILES string of the molecule is CCC(CC)[C@H](CNC(=O)c1ccc(OC)c(Br)c1)N1CCOCC1. The van der Waals surface area contributed by atoms with Gasteiger partial charge in [-0.05, 0) is 40.0 Å². The molecule has 1 aromatic rings. The van der Waals surface area contributed by atoms with Gasteiger partial charge >= 0.3 is 0 Å². The number of morpholine rings is 1. The van der Waals surface area contributed by atoms with Crippen LogP contribution in [0.5, 0.6) is 5.75 Å². The highest BCUT2D eigenvalue weighted by molar-refractivity contribution is 9.10. The maximum absolute atomic E-state index is 12.6. The van der Waals surface area contributed by atoms with Crippen LogP contribution in [-0.4, -0.2) is 56.8 Å². The Labute approximate surface area is 159 Å². The normalized spacial score (nSPS) is 16.7. The van der Waals surface area contributed by atoms with Gasteiger partial charge in [-0.2, -0.15) is 0 Å². The van der Waals surface area contributed by atoms with E-state index in [1.165, 1.54) is 0 Å². The van der Waals surface area contributed by atoms with Crippen molar-refractivity contribution in [3.05, 3.63) is 28.2 Å². The lowest BCUT2D eigenvalue weighted by molar-refractivity contribution is 0.00191. The molecular weight excluding hydrogens is 384 g/mol. The van der Waals surface area contributed by atoms with Gasteiger partial charge in [-0.25, -0.2) is 0 Å². The molecule has 1 atom stereocenters. The minimum Gasteiger partial charge on any atom is -0.496 e. The van der Waals surface area contributed by atoms with Gasteiger partial charge in [0.15, 0.2) is 0 Å². The average molecular weight is 413 g/mol. The summed E-state index contributed by atoms with van der Waals surface area (Å²) >= 11 is 3.44. The molecule has 5 nitrogen and oxygen atoms in total. The van der Waals surface area contributed by atoms with E-state index in [9.17, 15) is 4.79 Å². The van der Waals surface area contributed by atoms with Crippen LogP contribution in [0.2, 0.25) is 0 Å². The quantitative estimate of drug-likeness (QED) is 0.711. The molecule has 0 bridgehead atoms. The van der Waals surface area contributed by atoms with E-state index < -0.39 is 0 Å². The van der Waals surface area contributed by atoms with E-state index >= 15 is 0 Å². The lowest BCUT2D eigenvalue weighted by atomic mass is 9.92. The molecule has 0 spiro atoms. The topological polar surface area (TPSA) is 50.8 Å². The number of amides is 1. The van der Waals surface area contributed by atoms with Crippen molar-refractivity contribution >= 4 is 21.8 Å². The largest absolute Gasteiger partial charge is 0.496 e. The molecule has 2 rings (SSSR count). The first-order valence-corrected chi connectivity index (χ1v) is 9.83. The first kappa shape index (κ1) is 20.2. The molecule has 1 N–H and O–H groups in total. The molecule has 140 valence electrons. The second kappa shape index (κ2) is 10.1. The third-order valence-electron chi connectivity index (χ3n) is 4.99. The highest BCUT2D eigenvalue weighted by atomic mass is 79.9. The fourth-order valence-corrected chi connectivity index (χ4v) is 3.98. The van der Waals surface area contributed by atoms with E-state index in [-0.39, 0.29) is 5.91 Å². The number of hydrogen-bond donors (Lipinski definition) is 1. The summed E-state index contributed by atoms with van der Waals surface area (Å²) in [5.74, 6) is 1.24. The van der Waals surface area contributed by atoms with E-state index in [1.54, 1.807) is 25.3 Å². The molecule has 0 saturated carbocycles. The fraction of sp³-hybridized carbons (Fsp3) is 0.632. The summed E-state index contributed by atoms with van der Waals surface area (Å²) in [6.07, 6.45) is 2.23. The fourth-order valence-electron chi connectivity index (χ4n) is 3.44. The number of ether oxygens (including phenoxy) is 2. The summed E-state index contributed by atoms with van der Waals surface area (Å²) < 4.78 is 11.5. The van der Waals surface area contributed by atoms with Gasteiger partial charge < -0.3 is 14.8 Å². The first-order chi connectivity index (χ1) is 12.1. The number of benzene rings is 1. The Hall–Kier alpha value is -1.11. The molecule has 0 unspecified atom stereocenters. The molecule has 6 heteroatoms. The molecule has 0 aliphatic carbocycles. The minimum absolute atomic E-state index is 0.0485. The second-order valence-corrected chi connectivity index (χ2v) is 7.21. The zero-order valence-electron chi connectivity index (χ0n) is 15.4. The summed E-state index contributed by atoms with van der Waals surface area (Å²) in [7, 11) is 1.61. The van der Waals surface area contributed by atoms with E-state index in [4.69, 9.17) is 9.47 Å². The average Bonchev–Trinajstić information content (AvgIpc) is 2.65. The van der Waals surface area contributed by atoms with Crippen molar-refractivity contribution in [1.82, 2.24) is 10.2 Å². The number of methoxy groups -OCH3 is 1. The third-order valence-corrected chi connectivity index (χ3v) is 5.61. The Bertz CT molecular complexity index is 558. The molecule has 1 heterocycles. The van der Waals surface area contributed by atoms with Gasteiger partial charge in [0.05, 0.1) is 24.8 Å². The van der Waals surface area contributed by atoms with Crippen molar-refractivity contribution in [2.75, 3.05) is 40.0 Å². The Kier molecular flexibility index (Phi) is 8.19. The molecule has 0 aromatic heterocycles.